The number of hydrogen-bond donors (Lipinski definition) is 3. The second-order valence-corrected chi connectivity index (χ2v) is 8.35. The lowest BCUT2D eigenvalue weighted by atomic mass is 10.1. The number of fused-ring (bicyclic) bond motifs is 1. The van der Waals surface area contributed by atoms with Crippen LogP contribution in [0.15, 0.2) is 53.5 Å². The van der Waals surface area contributed by atoms with Crippen molar-refractivity contribution in [3.8, 4) is 11.6 Å². The molecule has 2 heterocycles. The molecule has 2 aromatic heterocycles. The van der Waals surface area contributed by atoms with Gasteiger partial charge in [0.25, 0.3) is 0 Å². The standard InChI is InChI=1S/C24H26ClN5O2/c1-30(2)10-3-11-32-19-7-4-16(5-8-19)12-18-14-23(29-28-18)26-15-21-20-13-17(25)6-9-22(20)27-24(21)31/h4-9,13-15,27,31H,3,10-12H2,1-2H3,(H,28,29). The lowest BCUT2D eigenvalue weighted by Gasteiger charge is -2.10. The summed E-state index contributed by atoms with van der Waals surface area (Å²) in [4.78, 5) is 9.47. The van der Waals surface area contributed by atoms with Gasteiger partial charge in [0, 0.05) is 46.9 Å². The summed E-state index contributed by atoms with van der Waals surface area (Å²) in [6.07, 6.45) is 3.29. The van der Waals surface area contributed by atoms with Crippen LogP contribution in [-0.2, 0) is 6.42 Å². The van der Waals surface area contributed by atoms with Crippen LogP contribution in [0.25, 0.3) is 10.9 Å². The summed E-state index contributed by atoms with van der Waals surface area (Å²) in [5, 5.41) is 18.9. The van der Waals surface area contributed by atoms with E-state index in [-0.39, 0.29) is 5.88 Å². The maximum Gasteiger partial charge on any atom is 0.198 e. The lowest BCUT2D eigenvalue weighted by Crippen LogP contribution is -2.15. The maximum atomic E-state index is 10.2. The number of ether oxygens (including phenoxy) is 1. The summed E-state index contributed by atoms with van der Waals surface area (Å²) in [7, 11) is 4.12. The molecule has 0 aliphatic heterocycles. The van der Waals surface area contributed by atoms with Crippen molar-refractivity contribution in [2.24, 2.45) is 4.99 Å². The number of nitrogens with one attached hydrogen (secondary N) is 2. The second kappa shape index (κ2) is 9.89. The third-order valence-corrected chi connectivity index (χ3v) is 5.29. The first-order chi connectivity index (χ1) is 15.5. The summed E-state index contributed by atoms with van der Waals surface area (Å²) in [5.41, 5.74) is 3.46. The van der Waals surface area contributed by atoms with E-state index in [2.05, 4.69) is 51.3 Å². The zero-order chi connectivity index (χ0) is 22.5. The van der Waals surface area contributed by atoms with Gasteiger partial charge in [0.2, 0.25) is 0 Å². The van der Waals surface area contributed by atoms with Gasteiger partial charge in [-0.15, -0.1) is 0 Å². The fraction of sp³-hybridized carbons (Fsp3) is 0.250. The van der Waals surface area contributed by atoms with Crippen LogP contribution in [0.2, 0.25) is 5.02 Å². The van der Waals surface area contributed by atoms with Gasteiger partial charge in [0.15, 0.2) is 11.7 Å². The third kappa shape index (κ3) is 5.49. The molecule has 0 radical (unpaired) electrons. The van der Waals surface area contributed by atoms with Crippen molar-refractivity contribution in [2.75, 3.05) is 27.2 Å². The molecule has 0 atom stereocenters. The van der Waals surface area contributed by atoms with Crippen molar-refractivity contribution in [3.63, 3.8) is 0 Å². The number of aromatic amines is 2. The van der Waals surface area contributed by atoms with E-state index in [1.807, 2.05) is 24.3 Å². The molecule has 7 nitrogen and oxygen atoms in total. The number of benzene rings is 2. The highest BCUT2D eigenvalue weighted by Crippen LogP contribution is 2.28. The predicted octanol–water partition coefficient (Wildman–Crippen LogP) is 4.92. The fourth-order valence-electron chi connectivity index (χ4n) is 3.43. The Morgan fingerprint density at radius 1 is 1.16 bits per heavy atom. The van der Waals surface area contributed by atoms with Crippen LogP contribution in [-0.4, -0.2) is 58.6 Å². The van der Waals surface area contributed by atoms with E-state index in [1.54, 1.807) is 18.3 Å². The highest BCUT2D eigenvalue weighted by Gasteiger charge is 2.10. The summed E-state index contributed by atoms with van der Waals surface area (Å²) in [5.74, 6) is 1.46. The number of halogens is 1. The van der Waals surface area contributed by atoms with Crippen molar-refractivity contribution < 1.29 is 9.84 Å². The van der Waals surface area contributed by atoms with Gasteiger partial charge in [-0.1, -0.05) is 23.7 Å². The Labute approximate surface area is 191 Å². The van der Waals surface area contributed by atoms with Gasteiger partial charge in [0.05, 0.1) is 12.2 Å². The monoisotopic (exact) mass is 451 g/mol. The van der Waals surface area contributed by atoms with Crippen LogP contribution in [0.5, 0.6) is 11.6 Å². The first-order valence-electron chi connectivity index (χ1n) is 10.4. The Morgan fingerprint density at radius 2 is 1.97 bits per heavy atom. The smallest absolute Gasteiger partial charge is 0.198 e. The van der Waals surface area contributed by atoms with Crippen molar-refractivity contribution >= 4 is 34.5 Å². The minimum Gasteiger partial charge on any atom is -0.494 e. The Bertz CT molecular complexity index is 1210. The third-order valence-electron chi connectivity index (χ3n) is 5.06. The highest BCUT2D eigenvalue weighted by molar-refractivity contribution is 6.31. The molecule has 0 amide bonds. The summed E-state index contributed by atoms with van der Waals surface area (Å²) in [6.45, 7) is 1.72. The van der Waals surface area contributed by atoms with E-state index < -0.39 is 0 Å². The van der Waals surface area contributed by atoms with Crippen LogP contribution in [0, 0.1) is 0 Å². The molecule has 0 aliphatic carbocycles. The second-order valence-electron chi connectivity index (χ2n) is 7.91. The van der Waals surface area contributed by atoms with Gasteiger partial charge in [-0.2, -0.15) is 5.10 Å². The molecule has 0 fully saturated rings. The summed E-state index contributed by atoms with van der Waals surface area (Å²) >= 11 is 6.08. The number of nitrogens with zero attached hydrogens (tertiary/aromatic N) is 3. The lowest BCUT2D eigenvalue weighted by molar-refractivity contribution is 0.281. The van der Waals surface area contributed by atoms with Crippen LogP contribution in [0.1, 0.15) is 23.2 Å². The molecule has 166 valence electrons. The topological polar surface area (TPSA) is 89.5 Å². The van der Waals surface area contributed by atoms with Gasteiger partial charge in [-0.05, 0) is 56.4 Å². The summed E-state index contributed by atoms with van der Waals surface area (Å²) in [6, 6.07) is 15.4. The molecule has 2 aromatic carbocycles. The highest BCUT2D eigenvalue weighted by atomic mass is 35.5. The summed E-state index contributed by atoms with van der Waals surface area (Å²) < 4.78 is 5.78. The Hall–Kier alpha value is -3.29. The van der Waals surface area contributed by atoms with Crippen molar-refractivity contribution in [1.29, 1.82) is 0 Å². The largest absolute Gasteiger partial charge is 0.494 e. The Balaban J connectivity index is 1.37. The molecule has 4 aromatic rings. The minimum absolute atomic E-state index is 0.0470. The average Bonchev–Trinajstić information content (AvgIpc) is 3.33. The van der Waals surface area contributed by atoms with Gasteiger partial charge in [-0.3, -0.25) is 5.10 Å². The molecular formula is C24H26ClN5O2. The molecule has 8 heteroatoms. The van der Waals surface area contributed by atoms with E-state index in [0.29, 0.717) is 29.4 Å². The zero-order valence-electron chi connectivity index (χ0n) is 18.1. The van der Waals surface area contributed by atoms with Gasteiger partial charge in [-0.25, -0.2) is 4.99 Å². The van der Waals surface area contributed by atoms with Gasteiger partial charge in [0.1, 0.15) is 5.75 Å². The molecule has 4 rings (SSSR count). The molecule has 0 saturated carbocycles. The van der Waals surface area contributed by atoms with E-state index in [0.717, 1.165) is 40.9 Å². The van der Waals surface area contributed by atoms with Crippen molar-refractivity contribution in [1.82, 2.24) is 20.1 Å². The normalized spacial score (nSPS) is 11.8. The average molecular weight is 452 g/mol. The zero-order valence-corrected chi connectivity index (χ0v) is 18.9. The molecular weight excluding hydrogens is 426 g/mol. The SMILES string of the molecule is CN(C)CCCOc1ccc(Cc2cc(N=Cc3c(O)[nH]c4ccc(Cl)cc34)n[nH]2)cc1. The van der Waals surface area contributed by atoms with E-state index in [1.165, 1.54) is 0 Å². The van der Waals surface area contributed by atoms with Crippen LogP contribution in [0.3, 0.4) is 0 Å². The Kier molecular flexibility index (Phi) is 6.78. The number of rotatable bonds is 9. The van der Waals surface area contributed by atoms with E-state index in [9.17, 15) is 5.11 Å². The molecule has 3 N–H and O–H groups in total. The molecule has 0 bridgehead atoms. The molecule has 0 unspecified atom stereocenters. The quantitative estimate of drug-likeness (QED) is 0.249. The number of hydrogen-bond acceptors (Lipinski definition) is 5. The maximum absolute atomic E-state index is 10.2. The van der Waals surface area contributed by atoms with Gasteiger partial charge < -0.3 is 19.7 Å². The van der Waals surface area contributed by atoms with E-state index >= 15 is 0 Å². The predicted molar refractivity (Wildman–Crippen MR) is 129 cm³/mol. The number of aromatic hydroxyl groups is 1. The minimum atomic E-state index is 0.0470. The van der Waals surface area contributed by atoms with Crippen LogP contribution < -0.4 is 4.74 Å². The first-order valence-corrected chi connectivity index (χ1v) is 10.8. The number of aromatic nitrogens is 3. The molecule has 32 heavy (non-hydrogen) atoms. The van der Waals surface area contributed by atoms with Gasteiger partial charge >= 0.3 is 0 Å². The fourth-order valence-corrected chi connectivity index (χ4v) is 3.60. The van der Waals surface area contributed by atoms with Crippen molar-refractivity contribution in [2.45, 2.75) is 12.8 Å². The molecule has 0 spiro atoms. The molecule has 0 saturated heterocycles. The first kappa shape index (κ1) is 21.9. The van der Waals surface area contributed by atoms with E-state index in [4.69, 9.17) is 16.3 Å². The van der Waals surface area contributed by atoms with Crippen LogP contribution >= 0.6 is 11.6 Å². The molecule has 0 aliphatic rings. The van der Waals surface area contributed by atoms with Crippen LogP contribution in [0.4, 0.5) is 5.82 Å². The number of H-pyrrole nitrogens is 2. The number of aliphatic imine (C=N–C) groups is 1. The Morgan fingerprint density at radius 3 is 2.75 bits per heavy atom. The van der Waals surface area contributed by atoms with Crippen molar-refractivity contribution in [3.05, 3.63) is 70.4 Å².